The monoisotopic (exact) mass is 317 g/mol. The Morgan fingerprint density at radius 3 is 2.74 bits per heavy atom. The molecule has 1 aliphatic carbocycles. The van der Waals surface area contributed by atoms with E-state index in [9.17, 15) is 9.18 Å². The minimum absolute atomic E-state index is 0.124. The molecule has 0 spiro atoms. The number of halogens is 1. The van der Waals surface area contributed by atoms with Crippen LogP contribution in [-0.2, 0) is 4.79 Å². The number of nitrogens with one attached hydrogen (secondary N) is 1. The second-order valence-corrected chi connectivity index (χ2v) is 5.84. The largest absolute Gasteiger partial charge is 0.484 e. The van der Waals surface area contributed by atoms with Crippen LogP contribution >= 0.6 is 0 Å². The molecule has 122 valence electrons. The average Bonchev–Trinajstić information content (AvgIpc) is 3.16. The smallest absolute Gasteiger partial charge is 0.263 e. The topological polar surface area (TPSA) is 56.1 Å². The SMILES string of the molecule is Cc1cc(NC(=O)COc2ccc(F)cc2)n(C2CCCC2)n1. The Hall–Kier alpha value is -2.37. The van der Waals surface area contributed by atoms with Gasteiger partial charge in [0.15, 0.2) is 6.61 Å². The normalized spacial score (nSPS) is 14.9. The van der Waals surface area contributed by atoms with Crippen LogP contribution in [-0.4, -0.2) is 22.3 Å². The zero-order valence-corrected chi connectivity index (χ0v) is 13.1. The molecule has 1 amide bonds. The molecule has 2 aromatic rings. The van der Waals surface area contributed by atoms with Crippen molar-refractivity contribution in [1.82, 2.24) is 9.78 Å². The van der Waals surface area contributed by atoms with Crippen molar-refractivity contribution < 1.29 is 13.9 Å². The van der Waals surface area contributed by atoms with E-state index in [-0.39, 0.29) is 18.3 Å². The Balaban J connectivity index is 1.60. The highest BCUT2D eigenvalue weighted by molar-refractivity contribution is 5.91. The number of carbonyl (C=O) groups is 1. The summed E-state index contributed by atoms with van der Waals surface area (Å²) in [7, 11) is 0. The lowest BCUT2D eigenvalue weighted by atomic mass is 10.2. The molecule has 0 saturated heterocycles. The van der Waals surface area contributed by atoms with Crippen LogP contribution in [0.15, 0.2) is 30.3 Å². The first kappa shape index (κ1) is 15.5. The molecule has 1 aromatic carbocycles. The van der Waals surface area contributed by atoms with Gasteiger partial charge in [0.2, 0.25) is 0 Å². The molecule has 6 heteroatoms. The maximum atomic E-state index is 12.8. The average molecular weight is 317 g/mol. The molecule has 1 fully saturated rings. The number of aromatic nitrogens is 2. The van der Waals surface area contributed by atoms with Crippen molar-refractivity contribution in [1.29, 1.82) is 0 Å². The summed E-state index contributed by atoms with van der Waals surface area (Å²) in [5, 5.41) is 7.35. The fraction of sp³-hybridized carbons (Fsp3) is 0.412. The molecule has 0 atom stereocenters. The number of nitrogens with zero attached hydrogens (tertiary/aromatic N) is 2. The zero-order valence-electron chi connectivity index (χ0n) is 13.1. The number of aryl methyl sites for hydroxylation is 1. The van der Waals surface area contributed by atoms with E-state index in [1.165, 1.54) is 37.1 Å². The number of hydrogen-bond donors (Lipinski definition) is 1. The molecule has 0 aliphatic heterocycles. The van der Waals surface area contributed by atoms with Crippen molar-refractivity contribution in [2.24, 2.45) is 0 Å². The van der Waals surface area contributed by atoms with Crippen LogP contribution < -0.4 is 10.1 Å². The van der Waals surface area contributed by atoms with Gasteiger partial charge in [-0.3, -0.25) is 4.79 Å². The number of ether oxygens (including phenoxy) is 1. The second-order valence-electron chi connectivity index (χ2n) is 5.84. The van der Waals surface area contributed by atoms with Gasteiger partial charge in [-0.1, -0.05) is 12.8 Å². The van der Waals surface area contributed by atoms with Gasteiger partial charge in [-0.25, -0.2) is 9.07 Å². The second kappa shape index (κ2) is 6.81. The molecule has 23 heavy (non-hydrogen) atoms. The maximum Gasteiger partial charge on any atom is 0.263 e. The molecule has 0 bridgehead atoms. The van der Waals surface area contributed by atoms with Crippen LogP contribution in [0, 0.1) is 12.7 Å². The standard InChI is InChI=1S/C17H20FN3O2/c1-12-10-16(21(20-12)14-4-2-3-5-14)19-17(22)11-23-15-8-6-13(18)7-9-15/h6-10,14H,2-5,11H2,1H3,(H,19,22). The number of hydrogen-bond acceptors (Lipinski definition) is 3. The molecule has 0 unspecified atom stereocenters. The number of rotatable bonds is 5. The third kappa shape index (κ3) is 3.88. The van der Waals surface area contributed by atoms with E-state index in [1.54, 1.807) is 0 Å². The maximum absolute atomic E-state index is 12.8. The summed E-state index contributed by atoms with van der Waals surface area (Å²) in [6.45, 7) is 1.79. The molecule has 1 saturated carbocycles. The summed E-state index contributed by atoms with van der Waals surface area (Å²) in [4.78, 5) is 12.1. The van der Waals surface area contributed by atoms with E-state index in [4.69, 9.17) is 4.74 Å². The van der Waals surface area contributed by atoms with Crippen molar-refractivity contribution in [3.8, 4) is 5.75 Å². The first-order valence-electron chi connectivity index (χ1n) is 7.86. The molecule has 0 radical (unpaired) electrons. The van der Waals surface area contributed by atoms with E-state index in [0.717, 1.165) is 18.5 Å². The van der Waals surface area contributed by atoms with Crippen LogP contribution in [0.25, 0.3) is 0 Å². The predicted octanol–water partition coefficient (Wildman–Crippen LogP) is 3.46. The predicted molar refractivity (Wildman–Crippen MR) is 85.0 cm³/mol. The summed E-state index contributed by atoms with van der Waals surface area (Å²) in [5.41, 5.74) is 0.881. The number of amides is 1. The van der Waals surface area contributed by atoms with Gasteiger partial charge in [-0.05, 0) is 44.0 Å². The van der Waals surface area contributed by atoms with E-state index in [2.05, 4.69) is 10.4 Å². The quantitative estimate of drug-likeness (QED) is 0.919. The highest BCUT2D eigenvalue weighted by atomic mass is 19.1. The van der Waals surface area contributed by atoms with Crippen LogP contribution in [0.4, 0.5) is 10.2 Å². The van der Waals surface area contributed by atoms with E-state index < -0.39 is 0 Å². The molecule has 1 aliphatic rings. The molecule has 1 N–H and O–H groups in total. The number of benzene rings is 1. The molecule has 1 aromatic heterocycles. The van der Waals surface area contributed by atoms with Gasteiger partial charge in [0.25, 0.3) is 5.91 Å². The Morgan fingerprint density at radius 2 is 2.04 bits per heavy atom. The van der Waals surface area contributed by atoms with Crippen LogP contribution in [0.5, 0.6) is 5.75 Å². The third-order valence-corrected chi connectivity index (χ3v) is 3.98. The molecular weight excluding hydrogens is 297 g/mol. The van der Waals surface area contributed by atoms with Crippen molar-refractivity contribution in [2.75, 3.05) is 11.9 Å². The highest BCUT2D eigenvalue weighted by Crippen LogP contribution is 2.31. The van der Waals surface area contributed by atoms with Gasteiger partial charge in [0.1, 0.15) is 17.4 Å². The van der Waals surface area contributed by atoms with Gasteiger partial charge in [-0.15, -0.1) is 0 Å². The molecule has 3 rings (SSSR count). The van der Waals surface area contributed by atoms with Crippen LogP contribution in [0.3, 0.4) is 0 Å². The summed E-state index contributed by atoms with van der Waals surface area (Å²) in [6, 6.07) is 7.81. The first-order valence-corrected chi connectivity index (χ1v) is 7.86. The van der Waals surface area contributed by atoms with Gasteiger partial charge in [-0.2, -0.15) is 5.10 Å². The van der Waals surface area contributed by atoms with Gasteiger partial charge in [0.05, 0.1) is 11.7 Å². The third-order valence-electron chi connectivity index (χ3n) is 3.98. The minimum atomic E-state index is -0.335. The van der Waals surface area contributed by atoms with Gasteiger partial charge < -0.3 is 10.1 Å². The highest BCUT2D eigenvalue weighted by Gasteiger charge is 2.21. The molecule has 5 nitrogen and oxygen atoms in total. The van der Waals surface area contributed by atoms with E-state index in [1.807, 2.05) is 17.7 Å². The molecular formula is C17H20FN3O2. The summed E-state index contributed by atoms with van der Waals surface area (Å²) >= 11 is 0. The van der Waals surface area contributed by atoms with Crippen molar-refractivity contribution in [3.05, 3.63) is 41.8 Å². The minimum Gasteiger partial charge on any atom is -0.484 e. The molecule has 1 heterocycles. The Labute approximate surface area is 134 Å². The van der Waals surface area contributed by atoms with Crippen molar-refractivity contribution in [2.45, 2.75) is 38.6 Å². The summed E-state index contributed by atoms with van der Waals surface area (Å²) in [5.74, 6) is 0.579. The lowest BCUT2D eigenvalue weighted by molar-refractivity contribution is -0.118. The van der Waals surface area contributed by atoms with Crippen LogP contribution in [0.2, 0.25) is 0 Å². The fourth-order valence-corrected chi connectivity index (χ4v) is 2.90. The van der Waals surface area contributed by atoms with Gasteiger partial charge in [0, 0.05) is 6.07 Å². The number of carbonyl (C=O) groups excluding carboxylic acids is 1. The lowest BCUT2D eigenvalue weighted by Crippen LogP contribution is -2.23. The first-order chi connectivity index (χ1) is 11.1. The zero-order chi connectivity index (χ0) is 16.2. The fourth-order valence-electron chi connectivity index (χ4n) is 2.90. The van der Waals surface area contributed by atoms with Gasteiger partial charge >= 0.3 is 0 Å². The Morgan fingerprint density at radius 1 is 1.35 bits per heavy atom. The van der Waals surface area contributed by atoms with Crippen molar-refractivity contribution >= 4 is 11.7 Å². The lowest BCUT2D eigenvalue weighted by Gasteiger charge is -2.14. The Bertz CT molecular complexity index is 676. The van der Waals surface area contributed by atoms with Crippen molar-refractivity contribution in [3.63, 3.8) is 0 Å². The van der Waals surface area contributed by atoms with E-state index >= 15 is 0 Å². The van der Waals surface area contributed by atoms with Crippen LogP contribution in [0.1, 0.15) is 37.4 Å². The summed E-state index contributed by atoms with van der Waals surface area (Å²) in [6.07, 6.45) is 4.58. The number of anilines is 1. The Kier molecular flexibility index (Phi) is 4.60. The summed E-state index contributed by atoms with van der Waals surface area (Å²) < 4.78 is 20.1. The van der Waals surface area contributed by atoms with E-state index in [0.29, 0.717) is 17.6 Å².